The van der Waals surface area contributed by atoms with Gasteiger partial charge in [-0.25, -0.2) is 17.9 Å². The number of hydrogen-bond donors (Lipinski definition) is 4. The summed E-state index contributed by atoms with van der Waals surface area (Å²) in [4.78, 5) is 10.4. The maximum absolute atomic E-state index is 12.0. The lowest BCUT2D eigenvalue weighted by atomic mass is 10.1. The summed E-state index contributed by atoms with van der Waals surface area (Å²) >= 11 is 0. The lowest BCUT2D eigenvalue weighted by Crippen LogP contribution is -2.51. The molecule has 108 valence electrons. The van der Waals surface area contributed by atoms with Crippen LogP contribution < -0.4 is 4.72 Å². The van der Waals surface area contributed by atoms with Crippen LogP contribution in [0.1, 0.15) is 23.2 Å². The third-order valence-electron chi connectivity index (χ3n) is 2.45. The van der Waals surface area contributed by atoms with Gasteiger partial charge in [-0.1, -0.05) is 0 Å². The second kappa shape index (κ2) is 5.29. The molecule has 0 aliphatic rings. The van der Waals surface area contributed by atoms with Crippen molar-refractivity contribution in [3.63, 3.8) is 0 Å². The Morgan fingerprint density at radius 1 is 1.42 bits per heavy atom. The van der Waals surface area contributed by atoms with Crippen LogP contribution in [0.15, 0.2) is 15.4 Å². The molecule has 19 heavy (non-hydrogen) atoms. The van der Waals surface area contributed by atoms with Crippen molar-refractivity contribution in [3.8, 4) is 0 Å². The molecule has 0 spiro atoms. The summed E-state index contributed by atoms with van der Waals surface area (Å²) in [6.45, 7) is 1.37. The van der Waals surface area contributed by atoms with Gasteiger partial charge in [0.15, 0.2) is 0 Å². The zero-order chi connectivity index (χ0) is 14.8. The number of carboxylic acid groups (broad SMARTS) is 1. The van der Waals surface area contributed by atoms with Crippen LogP contribution in [0.4, 0.5) is 0 Å². The summed E-state index contributed by atoms with van der Waals surface area (Å²) in [5.74, 6) is -1.99. The number of aliphatic hydroxyl groups excluding tert-OH is 2. The molecule has 0 aliphatic carbocycles. The standard InChI is InChI=1S/C10H15NO7S/c1-6-8(3-7(18-6)9(14)15)19(16,17)11-10(2,4-12)5-13/h3,11-13H,4-5H2,1-2H3,(H,14,15). The Labute approximate surface area is 109 Å². The summed E-state index contributed by atoms with van der Waals surface area (Å²) in [5.41, 5.74) is -1.45. The first-order valence-electron chi connectivity index (χ1n) is 5.24. The maximum atomic E-state index is 12.0. The van der Waals surface area contributed by atoms with E-state index in [-0.39, 0.29) is 10.7 Å². The fourth-order valence-corrected chi connectivity index (χ4v) is 2.90. The molecule has 0 bridgehead atoms. The number of aryl methyl sites for hydroxylation is 1. The first kappa shape index (κ1) is 15.6. The highest BCUT2D eigenvalue weighted by molar-refractivity contribution is 7.89. The highest BCUT2D eigenvalue weighted by Gasteiger charge is 2.32. The molecule has 0 fully saturated rings. The van der Waals surface area contributed by atoms with Crippen LogP contribution in [0.2, 0.25) is 0 Å². The van der Waals surface area contributed by atoms with Crippen molar-refractivity contribution in [2.75, 3.05) is 13.2 Å². The molecule has 0 saturated carbocycles. The van der Waals surface area contributed by atoms with E-state index in [1.165, 1.54) is 13.8 Å². The van der Waals surface area contributed by atoms with Crippen LogP contribution in [0, 0.1) is 6.92 Å². The lowest BCUT2D eigenvalue weighted by Gasteiger charge is -2.25. The minimum absolute atomic E-state index is 0.0943. The molecule has 1 rings (SSSR count). The predicted octanol–water partition coefficient (Wildman–Crippen LogP) is -0.692. The summed E-state index contributed by atoms with van der Waals surface area (Å²) in [6.07, 6.45) is 0. The van der Waals surface area contributed by atoms with E-state index in [2.05, 4.69) is 4.72 Å². The zero-order valence-corrected chi connectivity index (χ0v) is 11.2. The quantitative estimate of drug-likeness (QED) is 0.544. The van der Waals surface area contributed by atoms with E-state index < -0.39 is 40.5 Å². The number of aliphatic hydroxyl groups is 2. The average Bonchev–Trinajstić information content (AvgIpc) is 2.71. The Hall–Kier alpha value is -1.42. The first-order valence-corrected chi connectivity index (χ1v) is 6.73. The van der Waals surface area contributed by atoms with Crippen molar-refractivity contribution in [2.24, 2.45) is 0 Å². The van der Waals surface area contributed by atoms with Crippen molar-refractivity contribution in [1.29, 1.82) is 0 Å². The number of rotatable bonds is 6. The highest BCUT2D eigenvalue weighted by Crippen LogP contribution is 2.21. The van der Waals surface area contributed by atoms with Gasteiger partial charge >= 0.3 is 5.97 Å². The molecule has 0 saturated heterocycles. The van der Waals surface area contributed by atoms with Crippen LogP contribution in [0.3, 0.4) is 0 Å². The number of nitrogens with one attached hydrogen (secondary N) is 1. The second-order valence-electron chi connectivity index (χ2n) is 4.32. The Kier molecular flexibility index (Phi) is 4.35. The van der Waals surface area contributed by atoms with Gasteiger partial charge in [-0.2, -0.15) is 0 Å². The molecular formula is C10H15NO7S. The largest absolute Gasteiger partial charge is 0.475 e. The van der Waals surface area contributed by atoms with Gasteiger partial charge in [0.05, 0.1) is 18.8 Å². The Balaban J connectivity index is 3.18. The van der Waals surface area contributed by atoms with Gasteiger partial charge < -0.3 is 19.7 Å². The Bertz CT molecular complexity index is 571. The zero-order valence-electron chi connectivity index (χ0n) is 10.4. The summed E-state index contributed by atoms with van der Waals surface area (Å²) in [6, 6.07) is 0.870. The normalized spacial score (nSPS) is 12.6. The van der Waals surface area contributed by atoms with Gasteiger partial charge in [0, 0.05) is 6.07 Å². The molecule has 0 atom stereocenters. The van der Waals surface area contributed by atoms with Crippen molar-refractivity contribution in [2.45, 2.75) is 24.3 Å². The van der Waals surface area contributed by atoms with Crippen molar-refractivity contribution in [3.05, 3.63) is 17.6 Å². The maximum Gasteiger partial charge on any atom is 0.371 e. The van der Waals surface area contributed by atoms with Gasteiger partial charge in [-0.15, -0.1) is 0 Å². The molecule has 4 N–H and O–H groups in total. The smallest absolute Gasteiger partial charge is 0.371 e. The van der Waals surface area contributed by atoms with E-state index in [0.29, 0.717) is 0 Å². The van der Waals surface area contributed by atoms with E-state index >= 15 is 0 Å². The van der Waals surface area contributed by atoms with E-state index in [4.69, 9.17) is 19.7 Å². The molecule has 1 heterocycles. The summed E-state index contributed by atoms with van der Waals surface area (Å²) in [5, 5.41) is 26.8. The van der Waals surface area contributed by atoms with Gasteiger partial charge in [-0.05, 0) is 13.8 Å². The molecule has 9 heteroatoms. The fourth-order valence-electron chi connectivity index (χ4n) is 1.33. The summed E-state index contributed by atoms with van der Waals surface area (Å²) < 4.78 is 31.0. The van der Waals surface area contributed by atoms with Crippen molar-refractivity contribution >= 4 is 16.0 Å². The monoisotopic (exact) mass is 293 g/mol. The molecule has 1 aromatic rings. The Morgan fingerprint density at radius 2 is 1.95 bits per heavy atom. The first-order chi connectivity index (χ1) is 8.65. The van der Waals surface area contributed by atoms with Gasteiger partial charge in [0.2, 0.25) is 15.8 Å². The molecule has 0 unspecified atom stereocenters. The second-order valence-corrected chi connectivity index (χ2v) is 5.97. The molecule has 0 amide bonds. The van der Waals surface area contributed by atoms with Gasteiger partial charge in [0.1, 0.15) is 10.7 Å². The van der Waals surface area contributed by atoms with Crippen LogP contribution in [-0.2, 0) is 10.0 Å². The van der Waals surface area contributed by atoms with Crippen LogP contribution >= 0.6 is 0 Å². The van der Waals surface area contributed by atoms with Gasteiger partial charge in [0.25, 0.3) is 0 Å². The minimum atomic E-state index is -4.11. The van der Waals surface area contributed by atoms with Crippen molar-refractivity contribution < 1.29 is 32.9 Å². The number of aromatic carboxylic acids is 1. The topological polar surface area (TPSA) is 137 Å². The average molecular weight is 293 g/mol. The van der Waals surface area contributed by atoms with Crippen molar-refractivity contribution in [1.82, 2.24) is 4.72 Å². The SMILES string of the molecule is Cc1oc(C(=O)O)cc1S(=O)(=O)NC(C)(CO)CO. The highest BCUT2D eigenvalue weighted by atomic mass is 32.2. The van der Waals surface area contributed by atoms with Crippen LogP contribution in [0.5, 0.6) is 0 Å². The van der Waals surface area contributed by atoms with Crippen LogP contribution in [0.25, 0.3) is 0 Å². The van der Waals surface area contributed by atoms with Gasteiger partial charge in [-0.3, -0.25) is 0 Å². The lowest BCUT2D eigenvalue weighted by molar-refractivity contribution is 0.0661. The number of sulfonamides is 1. The predicted molar refractivity (Wildman–Crippen MR) is 63.3 cm³/mol. The summed E-state index contributed by atoms with van der Waals surface area (Å²) in [7, 11) is -4.11. The third-order valence-corrected chi connectivity index (χ3v) is 4.20. The fraction of sp³-hybridized carbons (Fsp3) is 0.500. The van der Waals surface area contributed by atoms with E-state index in [1.807, 2.05) is 0 Å². The number of hydrogen-bond acceptors (Lipinski definition) is 6. The molecular weight excluding hydrogens is 278 g/mol. The molecule has 0 aliphatic heterocycles. The molecule has 0 radical (unpaired) electrons. The Morgan fingerprint density at radius 3 is 2.32 bits per heavy atom. The molecule has 0 aromatic carbocycles. The van der Waals surface area contributed by atoms with E-state index in [0.717, 1.165) is 6.07 Å². The number of carbonyl (C=O) groups is 1. The number of carboxylic acids is 1. The minimum Gasteiger partial charge on any atom is -0.475 e. The third kappa shape index (κ3) is 3.32. The van der Waals surface area contributed by atoms with Crippen LogP contribution in [-0.4, -0.2) is 48.5 Å². The molecule has 1 aromatic heterocycles. The van der Waals surface area contributed by atoms with E-state index in [1.54, 1.807) is 0 Å². The number of furan rings is 1. The molecule has 8 nitrogen and oxygen atoms in total. The van der Waals surface area contributed by atoms with E-state index in [9.17, 15) is 13.2 Å².